The Morgan fingerprint density at radius 3 is 2.59 bits per heavy atom. The first-order valence-electron chi connectivity index (χ1n) is 7.70. The van der Waals surface area contributed by atoms with E-state index in [-0.39, 0.29) is 17.9 Å². The number of halogens is 3. The van der Waals surface area contributed by atoms with Gasteiger partial charge in [-0.05, 0) is 5.56 Å². The highest BCUT2D eigenvalue weighted by Gasteiger charge is 2.38. The van der Waals surface area contributed by atoms with Crippen molar-refractivity contribution in [3.8, 4) is 11.4 Å². The second kappa shape index (κ2) is 6.04. The van der Waals surface area contributed by atoms with Gasteiger partial charge >= 0.3 is 12.1 Å². The summed E-state index contributed by atoms with van der Waals surface area (Å²) in [6.45, 7) is 0.247. The quantitative estimate of drug-likeness (QED) is 0.545. The molecule has 4 aromatic rings. The molecule has 1 aromatic carbocycles. The van der Waals surface area contributed by atoms with Crippen molar-refractivity contribution in [1.29, 1.82) is 0 Å². The second-order valence-electron chi connectivity index (χ2n) is 5.80. The summed E-state index contributed by atoms with van der Waals surface area (Å²) in [5.41, 5.74) is 1.38. The van der Waals surface area contributed by atoms with E-state index in [2.05, 4.69) is 24.7 Å². The van der Waals surface area contributed by atoms with E-state index in [0.29, 0.717) is 16.6 Å². The fourth-order valence-corrected chi connectivity index (χ4v) is 2.59. The molecule has 0 aliphatic heterocycles. The van der Waals surface area contributed by atoms with Crippen LogP contribution in [-0.4, -0.2) is 29.5 Å². The Kier molecular flexibility index (Phi) is 3.79. The zero-order chi connectivity index (χ0) is 19.2. The van der Waals surface area contributed by atoms with Gasteiger partial charge in [0.2, 0.25) is 5.82 Å². The number of hydrogen-bond donors (Lipinski definition) is 0. The maximum atomic E-state index is 12.5. The number of rotatable bonds is 3. The molecule has 0 atom stereocenters. The molecule has 0 amide bonds. The molecule has 0 spiro atoms. The Morgan fingerprint density at radius 2 is 1.93 bits per heavy atom. The average Bonchev–Trinajstić information content (AvgIpc) is 3.26. The van der Waals surface area contributed by atoms with Gasteiger partial charge in [-0.2, -0.15) is 23.3 Å². The number of hydrogen-bond acceptors (Lipinski definition) is 6. The topological polar surface area (TPSA) is 91.6 Å². The summed E-state index contributed by atoms with van der Waals surface area (Å²) in [7, 11) is 1.69. The van der Waals surface area contributed by atoms with Crippen LogP contribution in [0.15, 0.2) is 46.1 Å². The number of aryl methyl sites for hydroxylation is 1. The SMILES string of the molecule is Cn1ncc2c(=O)n(Cc3ccc(-c4noc(C(F)(F)F)n4)cc3)cnc21. The average molecular weight is 376 g/mol. The largest absolute Gasteiger partial charge is 0.471 e. The van der Waals surface area contributed by atoms with Crippen LogP contribution in [0.5, 0.6) is 0 Å². The van der Waals surface area contributed by atoms with E-state index < -0.39 is 12.1 Å². The van der Waals surface area contributed by atoms with Gasteiger partial charge in [0, 0.05) is 12.6 Å². The molecule has 3 aromatic heterocycles. The van der Waals surface area contributed by atoms with Crippen molar-refractivity contribution in [3.05, 3.63) is 58.6 Å². The Labute approximate surface area is 148 Å². The number of benzene rings is 1. The molecule has 0 unspecified atom stereocenters. The molecule has 0 saturated carbocycles. The highest BCUT2D eigenvalue weighted by atomic mass is 19.4. The number of alkyl halides is 3. The summed E-state index contributed by atoms with van der Waals surface area (Å²) >= 11 is 0. The zero-order valence-electron chi connectivity index (χ0n) is 13.8. The summed E-state index contributed by atoms with van der Waals surface area (Å²) in [6, 6.07) is 6.44. The molecule has 0 bridgehead atoms. The van der Waals surface area contributed by atoms with E-state index in [1.54, 1.807) is 31.3 Å². The van der Waals surface area contributed by atoms with E-state index >= 15 is 0 Å². The van der Waals surface area contributed by atoms with Crippen LogP contribution in [0.25, 0.3) is 22.4 Å². The minimum absolute atomic E-state index is 0.163. The zero-order valence-corrected chi connectivity index (χ0v) is 13.8. The van der Waals surface area contributed by atoms with E-state index in [0.717, 1.165) is 5.56 Å². The van der Waals surface area contributed by atoms with E-state index in [1.807, 2.05) is 0 Å². The lowest BCUT2D eigenvalue weighted by molar-refractivity contribution is -0.159. The van der Waals surface area contributed by atoms with Crippen LogP contribution >= 0.6 is 0 Å². The fourth-order valence-electron chi connectivity index (χ4n) is 2.59. The van der Waals surface area contributed by atoms with Crippen LogP contribution in [0.3, 0.4) is 0 Å². The smallest absolute Gasteiger partial charge is 0.329 e. The molecule has 0 aliphatic carbocycles. The van der Waals surface area contributed by atoms with Gasteiger partial charge in [0.1, 0.15) is 11.7 Å². The predicted octanol–water partition coefficient (Wildman–Crippen LogP) is 2.25. The first-order chi connectivity index (χ1) is 12.8. The maximum Gasteiger partial charge on any atom is 0.471 e. The second-order valence-corrected chi connectivity index (χ2v) is 5.80. The Morgan fingerprint density at radius 1 is 1.19 bits per heavy atom. The van der Waals surface area contributed by atoms with Crippen molar-refractivity contribution >= 4 is 11.0 Å². The molecule has 0 saturated heterocycles. The highest BCUT2D eigenvalue weighted by Crippen LogP contribution is 2.29. The first-order valence-corrected chi connectivity index (χ1v) is 7.70. The van der Waals surface area contributed by atoms with Crippen molar-refractivity contribution in [3.63, 3.8) is 0 Å². The highest BCUT2D eigenvalue weighted by molar-refractivity contribution is 5.72. The molecule has 11 heteroatoms. The van der Waals surface area contributed by atoms with Crippen LogP contribution in [0.1, 0.15) is 11.5 Å². The molecule has 27 heavy (non-hydrogen) atoms. The number of nitrogens with zero attached hydrogens (tertiary/aromatic N) is 6. The third-order valence-corrected chi connectivity index (χ3v) is 3.95. The Hall–Kier alpha value is -3.50. The molecule has 4 rings (SSSR count). The van der Waals surface area contributed by atoms with E-state index in [4.69, 9.17) is 0 Å². The van der Waals surface area contributed by atoms with Crippen LogP contribution in [0.2, 0.25) is 0 Å². The van der Waals surface area contributed by atoms with Gasteiger partial charge in [-0.25, -0.2) is 4.98 Å². The first kappa shape index (κ1) is 16.9. The van der Waals surface area contributed by atoms with Crippen LogP contribution in [0, 0.1) is 0 Å². The Balaban J connectivity index is 1.59. The van der Waals surface area contributed by atoms with E-state index in [9.17, 15) is 18.0 Å². The van der Waals surface area contributed by atoms with Crippen LogP contribution in [0.4, 0.5) is 13.2 Å². The number of aromatic nitrogens is 6. The van der Waals surface area contributed by atoms with Crippen molar-refractivity contribution in [2.24, 2.45) is 7.05 Å². The lowest BCUT2D eigenvalue weighted by Gasteiger charge is -2.06. The molecule has 138 valence electrons. The molecule has 0 N–H and O–H groups in total. The Bertz CT molecular complexity index is 1170. The third kappa shape index (κ3) is 3.07. The van der Waals surface area contributed by atoms with Gasteiger partial charge < -0.3 is 4.52 Å². The van der Waals surface area contributed by atoms with Crippen molar-refractivity contribution in [2.45, 2.75) is 12.7 Å². The molecular formula is C16H11F3N6O2. The van der Waals surface area contributed by atoms with Crippen molar-refractivity contribution in [2.75, 3.05) is 0 Å². The molecule has 0 aliphatic rings. The van der Waals surface area contributed by atoms with Crippen molar-refractivity contribution in [1.82, 2.24) is 29.5 Å². The van der Waals surface area contributed by atoms with Gasteiger partial charge in [0.15, 0.2) is 5.65 Å². The van der Waals surface area contributed by atoms with E-state index in [1.165, 1.54) is 21.8 Å². The number of fused-ring (bicyclic) bond motifs is 1. The normalized spacial score (nSPS) is 12.0. The molecular weight excluding hydrogens is 365 g/mol. The minimum atomic E-state index is -4.69. The molecule has 0 radical (unpaired) electrons. The lowest BCUT2D eigenvalue weighted by Crippen LogP contribution is -2.21. The van der Waals surface area contributed by atoms with Gasteiger partial charge in [-0.3, -0.25) is 14.0 Å². The van der Waals surface area contributed by atoms with Crippen molar-refractivity contribution < 1.29 is 17.7 Å². The fraction of sp³-hybridized carbons (Fsp3) is 0.188. The summed E-state index contributed by atoms with van der Waals surface area (Å²) < 4.78 is 44.8. The summed E-state index contributed by atoms with van der Waals surface area (Å²) in [5.74, 6) is -1.56. The molecule has 0 fully saturated rings. The monoisotopic (exact) mass is 376 g/mol. The maximum absolute atomic E-state index is 12.5. The third-order valence-electron chi connectivity index (χ3n) is 3.95. The van der Waals surface area contributed by atoms with Gasteiger partial charge in [-0.1, -0.05) is 29.4 Å². The minimum Gasteiger partial charge on any atom is -0.329 e. The van der Waals surface area contributed by atoms with Gasteiger partial charge in [-0.15, -0.1) is 0 Å². The summed E-state index contributed by atoms with van der Waals surface area (Å²) in [5, 5.41) is 7.75. The van der Waals surface area contributed by atoms with Gasteiger partial charge in [0.25, 0.3) is 5.56 Å². The van der Waals surface area contributed by atoms with Crippen LogP contribution < -0.4 is 5.56 Å². The van der Waals surface area contributed by atoms with Crippen LogP contribution in [-0.2, 0) is 19.8 Å². The molecule has 3 heterocycles. The predicted molar refractivity (Wildman–Crippen MR) is 86.6 cm³/mol. The summed E-state index contributed by atoms with van der Waals surface area (Å²) in [6.07, 6.45) is -1.81. The van der Waals surface area contributed by atoms with Gasteiger partial charge in [0.05, 0.1) is 12.7 Å². The summed E-state index contributed by atoms with van der Waals surface area (Å²) in [4.78, 5) is 20.0. The standard InChI is InChI=1S/C16H11F3N6O2/c1-24-13-11(6-21-24)14(26)25(8-20-13)7-9-2-4-10(5-3-9)12-22-15(27-23-12)16(17,18)19/h2-6,8H,7H2,1H3. The molecule has 8 nitrogen and oxygen atoms in total. The lowest BCUT2D eigenvalue weighted by atomic mass is 10.1.